The number of nitrogens with two attached hydrogens (primary N) is 1. The molecule has 0 aliphatic carbocycles. The van der Waals surface area contributed by atoms with Gasteiger partial charge in [-0.25, -0.2) is 0 Å². The van der Waals surface area contributed by atoms with Gasteiger partial charge in [-0.15, -0.1) is 0 Å². The maximum absolute atomic E-state index is 5.97. The molecule has 1 unspecified atom stereocenters. The van der Waals surface area contributed by atoms with Crippen LogP contribution < -0.4 is 5.73 Å². The number of furan rings is 1. The largest absolute Gasteiger partial charge is 0.467 e. The summed E-state index contributed by atoms with van der Waals surface area (Å²) in [7, 11) is 0. The van der Waals surface area contributed by atoms with E-state index in [0.29, 0.717) is 5.02 Å². The van der Waals surface area contributed by atoms with E-state index in [1.54, 1.807) is 6.26 Å². The lowest BCUT2D eigenvalue weighted by atomic mass is 10.1. The predicted octanol–water partition coefficient (Wildman–Crippen LogP) is 2.98. The summed E-state index contributed by atoms with van der Waals surface area (Å²) in [6, 6.07) is 10.9. The summed E-state index contributed by atoms with van der Waals surface area (Å²) in [5, 5.41) is 0.709. The predicted molar refractivity (Wildman–Crippen MR) is 56.2 cm³/mol. The average molecular weight is 208 g/mol. The van der Waals surface area contributed by atoms with Gasteiger partial charge in [-0.3, -0.25) is 0 Å². The molecule has 0 fully saturated rings. The maximum Gasteiger partial charge on any atom is 0.124 e. The lowest BCUT2D eigenvalue weighted by Gasteiger charge is -2.08. The van der Waals surface area contributed by atoms with Crippen LogP contribution in [0.1, 0.15) is 17.4 Å². The van der Waals surface area contributed by atoms with Gasteiger partial charge >= 0.3 is 0 Å². The molecule has 72 valence electrons. The molecule has 0 saturated carbocycles. The van der Waals surface area contributed by atoms with E-state index in [-0.39, 0.29) is 6.04 Å². The van der Waals surface area contributed by atoms with Crippen molar-refractivity contribution in [3.63, 3.8) is 0 Å². The summed E-state index contributed by atoms with van der Waals surface area (Å²) >= 11 is 5.78. The Morgan fingerprint density at radius 2 is 1.86 bits per heavy atom. The molecule has 2 aromatic rings. The summed E-state index contributed by atoms with van der Waals surface area (Å²) in [5.41, 5.74) is 6.96. The van der Waals surface area contributed by atoms with Crippen molar-refractivity contribution in [2.45, 2.75) is 6.04 Å². The fourth-order valence-corrected chi connectivity index (χ4v) is 1.43. The Balaban J connectivity index is 2.28. The Kier molecular flexibility index (Phi) is 2.57. The van der Waals surface area contributed by atoms with E-state index in [4.69, 9.17) is 21.8 Å². The molecule has 0 radical (unpaired) electrons. The van der Waals surface area contributed by atoms with Gasteiger partial charge in [-0.05, 0) is 29.8 Å². The van der Waals surface area contributed by atoms with Crippen molar-refractivity contribution in [1.82, 2.24) is 0 Å². The van der Waals surface area contributed by atoms with E-state index >= 15 is 0 Å². The quantitative estimate of drug-likeness (QED) is 0.823. The molecular formula is C11H10ClNO. The highest BCUT2D eigenvalue weighted by atomic mass is 35.5. The molecule has 0 spiro atoms. The van der Waals surface area contributed by atoms with E-state index in [9.17, 15) is 0 Å². The van der Waals surface area contributed by atoms with Crippen molar-refractivity contribution in [2.75, 3.05) is 0 Å². The van der Waals surface area contributed by atoms with Crippen LogP contribution in [-0.2, 0) is 0 Å². The lowest BCUT2D eigenvalue weighted by Crippen LogP contribution is -2.10. The van der Waals surface area contributed by atoms with Crippen LogP contribution in [0.25, 0.3) is 0 Å². The molecule has 0 amide bonds. The van der Waals surface area contributed by atoms with Crippen LogP contribution in [0.15, 0.2) is 47.1 Å². The first-order valence-corrected chi connectivity index (χ1v) is 4.69. The first-order valence-electron chi connectivity index (χ1n) is 4.32. The van der Waals surface area contributed by atoms with Crippen molar-refractivity contribution >= 4 is 11.6 Å². The third-order valence-electron chi connectivity index (χ3n) is 2.08. The van der Waals surface area contributed by atoms with Gasteiger partial charge in [0.05, 0.1) is 12.3 Å². The number of hydrogen-bond donors (Lipinski definition) is 1. The lowest BCUT2D eigenvalue weighted by molar-refractivity contribution is 0.490. The summed E-state index contributed by atoms with van der Waals surface area (Å²) in [6.07, 6.45) is 1.62. The number of benzene rings is 1. The number of rotatable bonds is 2. The Bertz CT molecular complexity index is 394. The van der Waals surface area contributed by atoms with Gasteiger partial charge in [-0.1, -0.05) is 23.7 Å². The Hall–Kier alpha value is -1.25. The SMILES string of the molecule is NC(c1ccc(Cl)cc1)c1ccco1. The highest BCUT2D eigenvalue weighted by Gasteiger charge is 2.10. The van der Waals surface area contributed by atoms with Gasteiger partial charge in [0.2, 0.25) is 0 Å². The monoisotopic (exact) mass is 207 g/mol. The standard InChI is InChI=1S/C11H10ClNO/c12-9-5-3-8(4-6-9)11(13)10-2-1-7-14-10/h1-7,11H,13H2. The van der Waals surface area contributed by atoms with E-state index in [0.717, 1.165) is 11.3 Å². The van der Waals surface area contributed by atoms with Crippen LogP contribution in [-0.4, -0.2) is 0 Å². The van der Waals surface area contributed by atoms with Crippen molar-refractivity contribution in [2.24, 2.45) is 5.73 Å². The second-order valence-electron chi connectivity index (χ2n) is 3.04. The normalized spacial score (nSPS) is 12.7. The third kappa shape index (κ3) is 1.81. The third-order valence-corrected chi connectivity index (χ3v) is 2.33. The van der Waals surface area contributed by atoms with Gasteiger partial charge in [0.1, 0.15) is 5.76 Å². The van der Waals surface area contributed by atoms with Crippen molar-refractivity contribution < 1.29 is 4.42 Å². The van der Waals surface area contributed by atoms with E-state index < -0.39 is 0 Å². The molecule has 2 rings (SSSR count). The molecule has 0 bridgehead atoms. The van der Waals surface area contributed by atoms with Crippen LogP contribution in [0, 0.1) is 0 Å². The number of hydrogen-bond acceptors (Lipinski definition) is 2. The summed E-state index contributed by atoms with van der Waals surface area (Å²) in [4.78, 5) is 0. The summed E-state index contributed by atoms with van der Waals surface area (Å²) in [5.74, 6) is 0.757. The molecule has 0 aliphatic rings. The van der Waals surface area contributed by atoms with Crippen molar-refractivity contribution in [1.29, 1.82) is 0 Å². The molecule has 1 heterocycles. The minimum absolute atomic E-state index is 0.220. The Labute approximate surface area is 87.3 Å². The van der Waals surface area contributed by atoms with Crippen LogP contribution in [0.2, 0.25) is 5.02 Å². The molecule has 0 saturated heterocycles. The zero-order valence-electron chi connectivity index (χ0n) is 7.48. The van der Waals surface area contributed by atoms with Crippen molar-refractivity contribution in [3.8, 4) is 0 Å². The second-order valence-corrected chi connectivity index (χ2v) is 3.48. The van der Waals surface area contributed by atoms with Crippen LogP contribution in [0.3, 0.4) is 0 Å². The first-order chi connectivity index (χ1) is 6.77. The highest BCUT2D eigenvalue weighted by Crippen LogP contribution is 2.21. The fraction of sp³-hybridized carbons (Fsp3) is 0.0909. The molecule has 1 aromatic carbocycles. The molecule has 2 N–H and O–H groups in total. The highest BCUT2D eigenvalue weighted by molar-refractivity contribution is 6.30. The van der Waals surface area contributed by atoms with Gasteiger partial charge in [0, 0.05) is 5.02 Å². The second kappa shape index (κ2) is 3.86. The molecule has 2 nitrogen and oxygen atoms in total. The summed E-state index contributed by atoms with van der Waals surface area (Å²) in [6.45, 7) is 0. The van der Waals surface area contributed by atoms with Crippen molar-refractivity contribution in [3.05, 3.63) is 59.0 Å². The van der Waals surface area contributed by atoms with Gasteiger partial charge in [-0.2, -0.15) is 0 Å². The molecular weight excluding hydrogens is 198 g/mol. The molecule has 14 heavy (non-hydrogen) atoms. The Morgan fingerprint density at radius 3 is 2.43 bits per heavy atom. The van der Waals surface area contributed by atoms with E-state index in [2.05, 4.69) is 0 Å². The van der Waals surface area contributed by atoms with Gasteiger partial charge in [0.15, 0.2) is 0 Å². The van der Waals surface area contributed by atoms with E-state index in [1.807, 2.05) is 36.4 Å². The molecule has 0 aliphatic heterocycles. The maximum atomic E-state index is 5.97. The molecule has 1 aromatic heterocycles. The zero-order valence-corrected chi connectivity index (χ0v) is 8.24. The Morgan fingerprint density at radius 1 is 1.14 bits per heavy atom. The van der Waals surface area contributed by atoms with E-state index in [1.165, 1.54) is 0 Å². The minimum atomic E-state index is -0.220. The topological polar surface area (TPSA) is 39.2 Å². The van der Waals surface area contributed by atoms with Crippen LogP contribution in [0.5, 0.6) is 0 Å². The van der Waals surface area contributed by atoms with Gasteiger partial charge in [0.25, 0.3) is 0 Å². The molecule has 3 heteroatoms. The minimum Gasteiger partial charge on any atom is -0.467 e. The summed E-state index contributed by atoms with van der Waals surface area (Å²) < 4.78 is 5.22. The van der Waals surface area contributed by atoms with Gasteiger partial charge < -0.3 is 10.2 Å². The molecule has 1 atom stereocenters. The smallest absolute Gasteiger partial charge is 0.124 e. The van der Waals surface area contributed by atoms with Crippen LogP contribution >= 0.6 is 11.6 Å². The first kappa shape index (κ1) is 9.31. The fourth-order valence-electron chi connectivity index (χ4n) is 1.30. The average Bonchev–Trinajstić information content (AvgIpc) is 2.71. The van der Waals surface area contributed by atoms with Crippen LogP contribution in [0.4, 0.5) is 0 Å². The zero-order chi connectivity index (χ0) is 9.97. The number of halogens is 1.